The number of nitriles is 1. The number of halogens is 1. The van der Waals surface area contributed by atoms with Gasteiger partial charge in [-0.3, -0.25) is 0 Å². The molecule has 0 fully saturated rings. The smallest absolute Gasteiger partial charge is 0.218 e. The number of hydrogen-bond acceptors (Lipinski definition) is 5. The molecule has 0 amide bonds. The molecular formula is C21H19FN4OS. The van der Waals surface area contributed by atoms with Crippen LogP contribution in [0.5, 0.6) is 10.8 Å². The summed E-state index contributed by atoms with van der Waals surface area (Å²) in [5.74, 6) is 0.188. The van der Waals surface area contributed by atoms with Crippen LogP contribution >= 0.6 is 11.5 Å². The van der Waals surface area contributed by atoms with Gasteiger partial charge in [0.05, 0.1) is 12.0 Å². The maximum Gasteiger partial charge on any atom is 0.218 e. The van der Waals surface area contributed by atoms with Gasteiger partial charge in [0.1, 0.15) is 28.9 Å². The van der Waals surface area contributed by atoms with Crippen molar-refractivity contribution in [3.05, 3.63) is 58.9 Å². The number of hydrogen-bond donors (Lipinski definition) is 0. The van der Waals surface area contributed by atoms with E-state index in [9.17, 15) is 9.65 Å². The third kappa shape index (κ3) is 4.02. The highest BCUT2D eigenvalue weighted by Crippen LogP contribution is 2.39. The molecule has 1 heterocycles. The van der Waals surface area contributed by atoms with Gasteiger partial charge in [0.2, 0.25) is 5.06 Å². The lowest BCUT2D eigenvalue weighted by molar-refractivity contribution is 0.491. The molecule has 0 aliphatic carbocycles. The van der Waals surface area contributed by atoms with E-state index in [4.69, 9.17) is 4.74 Å². The van der Waals surface area contributed by atoms with E-state index >= 15 is 0 Å². The van der Waals surface area contributed by atoms with Gasteiger partial charge in [-0.2, -0.15) is 9.64 Å². The number of ether oxygens (including phenoxy) is 1. The lowest BCUT2D eigenvalue weighted by atomic mass is 10.1. The van der Waals surface area contributed by atoms with Gasteiger partial charge in [0.15, 0.2) is 0 Å². The van der Waals surface area contributed by atoms with E-state index in [0.29, 0.717) is 16.5 Å². The van der Waals surface area contributed by atoms with Crippen LogP contribution in [0.2, 0.25) is 0 Å². The molecule has 0 unspecified atom stereocenters. The zero-order valence-electron chi connectivity index (χ0n) is 16.0. The summed E-state index contributed by atoms with van der Waals surface area (Å²) in [5.41, 5.74) is 3.46. The summed E-state index contributed by atoms with van der Waals surface area (Å²) in [4.78, 5) is 6.30. The minimum absolute atomic E-state index is 0.224. The van der Waals surface area contributed by atoms with Crippen LogP contribution in [-0.4, -0.2) is 29.7 Å². The molecule has 0 spiro atoms. The normalized spacial score (nSPS) is 10.9. The van der Waals surface area contributed by atoms with Gasteiger partial charge in [0, 0.05) is 31.2 Å². The quantitative estimate of drug-likeness (QED) is 0.426. The van der Waals surface area contributed by atoms with Crippen LogP contribution in [0.15, 0.2) is 41.4 Å². The first kappa shape index (κ1) is 19.5. The maximum atomic E-state index is 14.1. The summed E-state index contributed by atoms with van der Waals surface area (Å²) in [6.07, 6.45) is 1.74. The van der Waals surface area contributed by atoms with Crippen LogP contribution in [0.4, 0.5) is 10.1 Å². The van der Waals surface area contributed by atoms with Crippen molar-refractivity contribution in [3.63, 3.8) is 0 Å². The van der Waals surface area contributed by atoms with Crippen LogP contribution in [0.25, 0.3) is 11.3 Å². The van der Waals surface area contributed by atoms with Gasteiger partial charge in [-0.25, -0.2) is 9.38 Å². The number of benzene rings is 2. The molecule has 0 bridgehead atoms. The van der Waals surface area contributed by atoms with Crippen molar-refractivity contribution >= 4 is 23.6 Å². The maximum absolute atomic E-state index is 14.1. The van der Waals surface area contributed by atoms with Gasteiger partial charge >= 0.3 is 0 Å². The standard InChI is InChI=1S/C21H19FN4OS/c1-13-10-19(14(2)9-18(13)24-12-26(3)4)27-21-16(11-23)20(25-28-21)15-7-5-6-8-17(15)22/h5-10,12H,1-4H3/b24-12-. The Kier molecular flexibility index (Phi) is 5.71. The van der Waals surface area contributed by atoms with Crippen LogP contribution in [-0.2, 0) is 0 Å². The van der Waals surface area contributed by atoms with E-state index in [1.54, 1.807) is 24.5 Å². The molecule has 7 heteroatoms. The van der Waals surface area contributed by atoms with Crippen LogP contribution in [0, 0.1) is 31.0 Å². The molecule has 0 atom stereocenters. The predicted molar refractivity (Wildman–Crippen MR) is 110 cm³/mol. The number of nitrogens with zero attached hydrogens (tertiary/aromatic N) is 4. The molecule has 0 aliphatic heterocycles. The molecule has 1 aromatic heterocycles. The van der Waals surface area contributed by atoms with Crippen molar-refractivity contribution in [2.24, 2.45) is 4.99 Å². The predicted octanol–water partition coefficient (Wildman–Crippen LogP) is 5.45. The highest BCUT2D eigenvalue weighted by molar-refractivity contribution is 7.08. The number of rotatable bonds is 5. The Morgan fingerprint density at radius 2 is 1.96 bits per heavy atom. The number of aliphatic imine (C=N–C) groups is 1. The zero-order chi connectivity index (χ0) is 20.3. The molecule has 3 rings (SSSR count). The molecule has 5 nitrogen and oxygen atoms in total. The molecule has 28 heavy (non-hydrogen) atoms. The molecule has 0 N–H and O–H groups in total. The van der Waals surface area contributed by atoms with Gasteiger partial charge in [0.25, 0.3) is 0 Å². The first-order chi connectivity index (χ1) is 13.4. The van der Waals surface area contributed by atoms with Crippen molar-refractivity contribution in [3.8, 4) is 28.1 Å². The van der Waals surface area contributed by atoms with Gasteiger partial charge in [-0.1, -0.05) is 12.1 Å². The molecule has 0 radical (unpaired) electrons. The molecular weight excluding hydrogens is 375 g/mol. The first-order valence-electron chi connectivity index (χ1n) is 8.55. The molecule has 0 saturated carbocycles. The summed E-state index contributed by atoms with van der Waals surface area (Å²) in [7, 11) is 3.81. The van der Waals surface area contributed by atoms with E-state index in [1.165, 1.54) is 6.07 Å². The third-order valence-corrected chi connectivity index (χ3v) is 4.75. The number of aromatic nitrogens is 1. The Labute approximate surface area is 167 Å². The zero-order valence-corrected chi connectivity index (χ0v) is 16.8. The summed E-state index contributed by atoms with van der Waals surface area (Å²) >= 11 is 1.03. The van der Waals surface area contributed by atoms with E-state index < -0.39 is 5.82 Å². The van der Waals surface area contributed by atoms with E-state index in [2.05, 4.69) is 15.4 Å². The minimum atomic E-state index is -0.425. The molecule has 2 aromatic carbocycles. The average Bonchev–Trinajstić information content (AvgIpc) is 3.06. The van der Waals surface area contributed by atoms with E-state index in [1.807, 2.05) is 45.0 Å². The summed E-state index contributed by atoms with van der Waals surface area (Å²) in [6, 6.07) is 12.1. The van der Waals surface area contributed by atoms with Crippen LogP contribution < -0.4 is 4.74 Å². The summed E-state index contributed by atoms with van der Waals surface area (Å²) in [5, 5.41) is 9.94. The largest absolute Gasteiger partial charge is 0.443 e. The van der Waals surface area contributed by atoms with Crippen molar-refractivity contribution < 1.29 is 9.13 Å². The molecule has 3 aromatic rings. The van der Waals surface area contributed by atoms with Crippen LogP contribution in [0.1, 0.15) is 16.7 Å². The van der Waals surface area contributed by atoms with Crippen molar-refractivity contribution in [1.29, 1.82) is 5.26 Å². The average molecular weight is 394 g/mol. The third-order valence-electron chi connectivity index (χ3n) is 4.03. The second-order valence-corrected chi connectivity index (χ2v) is 7.24. The second kappa shape index (κ2) is 8.19. The summed E-state index contributed by atoms with van der Waals surface area (Å²) in [6.45, 7) is 3.85. The Balaban J connectivity index is 1.96. The summed E-state index contributed by atoms with van der Waals surface area (Å²) < 4.78 is 24.4. The first-order valence-corrected chi connectivity index (χ1v) is 9.32. The second-order valence-electron chi connectivity index (χ2n) is 6.50. The van der Waals surface area contributed by atoms with E-state index in [0.717, 1.165) is 28.3 Å². The fourth-order valence-electron chi connectivity index (χ4n) is 2.58. The fraction of sp³-hybridized carbons (Fsp3) is 0.190. The van der Waals surface area contributed by atoms with Crippen molar-refractivity contribution in [1.82, 2.24) is 9.27 Å². The number of aryl methyl sites for hydroxylation is 2. The van der Waals surface area contributed by atoms with Gasteiger partial charge in [-0.05, 0) is 49.2 Å². The van der Waals surface area contributed by atoms with Gasteiger partial charge in [-0.15, -0.1) is 0 Å². The highest BCUT2D eigenvalue weighted by Gasteiger charge is 2.20. The van der Waals surface area contributed by atoms with Crippen molar-refractivity contribution in [2.75, 3.05) is 14.1 Å². The lowest BCUT2D eigenvalue weighted by Gasteiger charge is -2.11. The topological polar surface area (TPSA) is 61.5 Å². The van der Waals surface area contributed by atoms with Crippen LogP contribution in [0.3, 0.4) is 0 Å². The Hall–Kier alpha value is -3.24. The molecule has 0 saturated heterocycles. The highest BCUT2D eigenvalue weighted by atomic mass is 32.1. The molecule has 0 aliphatic rings. The van der Waals surface area contributed by atoms with Gasteiger partial charge < -0.3 is 9.64 Å². The minimum Gasteiger partial charge on any atom is -0.443 e. The Morgan fingerprint density at radius 3 is 2.64 bits per heavy atom. The Bertz CT molecular complexity index is 1080. The SMILES string of the molecule is Cc1cc(Oc2snc(-c3ccccc3F)c2C#N)c(C)cc1/N=C\N(C)C. The van der Waals surface area contributed by atoms with E-state index in [-0.39, 0.29) is 11.1 Å². The monoisotopic (exact) mass is 394 g/mol. The molecule has 142 valence electrons. The fourth-order valence-corrected chi connectivity index (χ4v) is 3.31. The van der Waals surface area contributed by atoms with Crippen molar-refractivity contribution in [2.45, 2.75) is 13.8 Å². The lowest BCUT2D eigenvalue weighted by Crippen LogP contribution is -2.07. The Morgan fingerprint density at radius 1 is 1.21 bits per heavy atom.